The van der Waals surface area contributed by atoms with Crippen LogP contribution in [0.2, 0.25) is 0 Å². The summed E-state index contributed by atoms with van der Waals surface area (Å²) in [7, 11) is 0. The third-order valence-electron chi connectivity index (χ3n) is 1.37. The molecule has 1 heterocycles. The average Bonchev–Trinajstić information content (AvgIpc) is 2.07. The number of nitrogens with one attached hydrogen (secondary N) is 2. The topological polar surface area (TPSA) is 83.8 Å². The van der Waals surface area contributed by atoms with Gasteiger partial charge in [0, 0.05) is 6.54 Å². The van der Waals surface area contributed by atoms with Crippen molar-refractivity contribution in [2.75, 3.05) is 17.6 Å². The lowest BCUT2D eigenvalue weighted by Crippen LogP contribution is -2.16. The van der Waals surface area contributed by atoms with E-state index >= 15 is 0 Å². The monoisotopic (exact) mass is 168 g/mol. The molecule has 5 nitrogen and oxygen atoms in total. The lowest BCUT2D eigenvalue weighted by atomic mass is 10.5. The molecule has 0 spiro atoms. The molecule has 0 amide bonds. The Kier molecular flexibility index (Phi) is 2.68. The fourth-order valence-corrected chi connectivity index (χ4v) is 0.738. The molecule has 0 bridgehead atoms. The summed E-state index contributed by atoms with van der Waals surface area (Å²) >= 11 is 0. The van der Waals surface area contributed by atoms with Crippen LogP contribution in [0.25, 0.3) is 0 Å². The van der Waals surface area contributed by atoms with Gasteiger partial charge in [0.05, 0.1) is 6.20 Å². The van der Waals surface area contributed by atoms with Gasteiger partial charge in [-0.25, -0.2) is 4.98 Å². The van der Waals surface area contributed by atoms with Gasteiger partial charge in [-0.3, -0.25) is 9.78 Å². The molecule has 0 saturated heterocycles. The van der Waals surface area contributed by atoms with Crippen molar-refractivity contribution in [2.45, 2.75) is 13.3 Å². The van der Waals surface area contributed by atoms with E-state index in [4.69, 9.17) is 5.73 Å². The molecule has 0 aromatic carbocycles. The van der Waals surface area contributed by atoms with E-state index in [2.05, 4.69) is 15.3 Å². The average molecular weight is 168 g/mol. The Morgan fingerprint density at radius 1 is 1.75 bits per heavy atom. The van der Waals surface area contributed by atoms with E-state index in [9.17, 15) is 4.79 Å². The summed E-state index contributed by atoms with van der Waals surface area (Å²) in [4.78, 5) is 17.3. The smallest absolute Gasteiger partial charge is 0.275 e. The van der Waals surface area contributed by atoms with Crippen molar-refractivity contribution in [2.24, 2.45) is 0 Å². The minimum absolute atomic E-state index is 0.136. The Balaban J connectivity index is 2.76. The largest absolute Gasteiger partial charge is 0.393 e. The zero-order valence-electron chi connectivity index (χ0n) is 6.92. The standard InChI is InChI=1S/C7H12N4O/c1-2-3-9-7-10-4-5(8)6(12)11-7/h4H,2-3,8H2,1H3,(H2,9,10,11,12). The maximum Gasteiger partial charge on any atom is 0.275 e. The van der Waals surface area contributed by atoms with E-state index in [-0.39, 0.29) is 11.2 Å². The van der Waals surface area contributed by atoms with Crippen LogP contribution in [0, 0.1) is 0 Å². The molecule has 0 unspecified atom stereocenters. The first-order valence-corrected chi connectivity index (χ1v) is 3.82. The van der Waals surface area contributed by atoms with Crippen molar-refractivity contribution in [1.82, 2.24) is 9.97 Å². The Labute approximate surface area is 70.0 Å². The number of nitrogens with two attached hydrogens (primary N) is 1. The highest BCUT2D eigenvalue weighted by Gasteiger charge is 1.95. The van der Waals surface area contributed by atoms with Crippen molar-refractivity contribution < 1.29 is 0 Å². The Morgan fingerprint density at radius 3 is 3.08 bits per heavy atom. The molecule has 66 valence electrons. The number of hydrogen-bond acceptors (Lipinski definition) is 4. The van der Waals surface area contributed by atoms with E-state index in [1.165, 1.54) is 6.20 Å². The summed E-state index contributed by atoms with van der Waals surface area (Å²) in [6, 6.07) is 0. The number of nitrogens with zero attached hydrogens (tertiary/aromatic N) is 1. The summed E-state index contributed by atoms with van der Waals surface area (Å²) in [6.45, 7) is 2.81. The third kappa shape index (κ3) is 1.98. The second-order valence-corrected chi connectivity index (χ2v) is 2.44. The lowest BCUT2D eigenvalue weighted by Gasteiger charge is -2.01. The van der Waals surface area contributed by atoms with Crippen molar-refractivity contribution in [3.8, 4) is 0 Å². The molecule has 1 aromatic heterocycles. The van der Waals surface area contributed by atoms with E-state index in [1.807, 2.05) is 6.92 Å². The molecule has 0 fully saturated rings. The molecule has 0 radical (unpaired) electrons. The summed E-state index contributed by atoms with van der Waals surface area (Å²) < 4.78 is 0. The van der Waals surface area contributed by atoms with Crippen LogP contribution in [0.4, 0.5) is 11.6 Å². The molecule has 0 aliphatic rings. The van der Waals surface area contributed by atoms with E-state index < -0.39 is 0 Å². The number of H-pyrrole nitrogens is 1. The first kappa shape index (κ1) is 8.58. The highest BCUT2D eigenvalue weighted by Crippen LogP contribution is 1.94. The number of hydrogen-bond donors (Lipinski definition) is 3. The van der Waals surface area contributed by atoms with Gasteiger partial charge in [-0.1, -0.05) is 6.92 Å². The SMILES string of the molecule is CCCNc1ncc(N)c(=O)[nH]1. The predicted octanol–water partition coefficient (Wildman–Crippen LogP) is 0.174. The molecule has 0 aliphatic heterocycles. The van der Waals surface area contributed by atoms with Gasteiger partial charge in [-0.2, -0.15) is 0 Å². The van der Waals surface area contributed by atoms with Gasteiger partial charge in [-0.15, -0.1) is 0 Å². The van der Waals surface area contributed by atoms with Gasteiger partial charge >= 0.3 is 0 Å². The van der Waals surface area contributed by atoms with Crippen LogP contribution >= 0.6 is 0 Å². The normalized spacial score (nSPS) is 9.75. The fourth-order valence-electron chi connectivity index (χ4n) is 0.738. The molecule has 12 heavy (non-hydrogen) atoms. The molecule has 0 atom stereocenters. The second kappa shape index (κ2) is 3.75. The molecule has 1 rings (SSSR count). The number of aromatic nitrogens is 2. The zero-order valence-corrected chi connectivity index (χ0v) is 6.92. The maximum atomic E-state index is 10.9. The molecule has 4 N–H and O–H groups in total. The summed E-state index contributed by atoms with van der Waals surface area (Å²) in [5.74, 6) is 0.469. The van der Waals surface area contributed by atoms with Gasteiger partial charge in [-0.05, 0) is 6.42 Å². The zero-order chi connectivity index (χ0) is 8.97. The maximum absolute atomic E-state index is 10.9. The predicted molar refractivity (Wildman–Crippen MR) is 48.1 cm³/mol. The molecule has 0 aliphatic carbocycles. The van der Waals surface area contributed by atoms with Crippen molar-refractivity contribution in [1.29, 1.82) is 0 Å². The number of rotatable bonds is 3. The van der Waals surface area contributed by atoms with Crippen molar-refractivity contribution >= 4 is 11.6 Å². The molecular weight excluding hydrogens is 156 g/mol. The lowest BCUT2D eigenvalue weighted by molar-refractivity contribution is 0.948. The van der Waals surface area contributed by atoms with E-state index in [0.717, 1.165) is 13.0 Å². The van der Waals surface area contributed by atoms with Crippen molar-refractivity contribution in [3.05, 3.63) is 16.6 Å². The number of aromatic amines is 1. The van der Waals surface area contributed by atoms with Gasteiger partial charge < -0.3 is 11.1 Å². The third-order valence-corrected chi connectivity index (χ3v) is 1.37. The fraction of sp³-hybridized carbons (Fsp3) is 0.429. The van der Waals surface area contributed by atoms with Crippen molar-refractivity contribution in [3.63, 3.8) is 0 Å². The van der Waals surface area contributed by atoms with Crippen LogP contribution in [0.3, 0.4) is 0 Å². The number of nitrogen functional groups attached to an aromatic ring is 1. The minimum Gasteiger partial charge on any atom is -0.393 e. The molecular formula is C7H12N4O. The van der Waals surface area contributed by atoms with Crippen LogP contribution in [-0.2, 0) is 0 Å². The molecule has 0 saturated carbocycles. The van der Waals surface area contributed by atoms with E-state index in [0.29, 0.717) is 5.95 Å². The van der Waals surface area contributed by atoms with Crippen LogP contribution in [0.15, 0.2) is 11.0 Å². The van der Waals surface area contributed by atoms with Crippen LogP contribution in [0.5, 0.6) is 0 Å². The van der Waals surface area contributed by atoms with Gasteiger partial charge in [0.25, 0.3) is 5.56 Å². The highest BCUT2D eigenvalue weighted by molar-refractivity contribution is 5.35. The Hall–Kier alpha value is -1.52. The van der Waals surface area contributed by atoms with E-state index in [1.54, 1.807) is 0 Å². The quantitative estimate of drug-likeness (QED) is 0.601. The van der Waals surface area contributed by atoms with Crippen LogP contribution < -0.4 is 16.6 Å². The first-order valence-electron chi connectivity index (χ1n) is 3.82. The van der Waals surface area contributed by atoms with Gasteiger partial charge in [0.2, 0.25) is 5.95 Å². The summed E-state index contributed by atoms with van der Waals surface area (Å²) in [6.07, 6.45) is 2.32. The first-order chi connectivity index (χ1) is 5.74. The Bertz CT molecular complexity index is 307. The summed E-state index contributed by atoms with van der Waals surface area (Å²) in [5, 5.41) is 2.94. The van der Waals surface area contributed by atoms with Gasteiger partial charge in [0.1, 0.15) is 5.69 Å². The minimum atomic E-state index is -0.302. The van der Waals surface area contributed by atoms with Crippen LogP contribution in [-0.4, -0.2) is 16.5 Å². The summed E-state index contributed by atoms with van der Waals surface area (Å²) in [5.41, 5.74) is 5.12. The highest BCUT2D eigenvalue weighted by atomic mass is 16.1. The van der Waals surface area contributed by atoms with Gasteiger partial charge in [0.15, 0.2) is 0 Å². The second-order valence-electron chi connectivity index (χ2n) is 2.44. The molecule has 1 aromatic rings. The van der Waals surface area contributed by atoms with Crippen LogP contribution in [0.1, 0.15) is 13.3 Å². The number of anilines is 2. The molecule has 5 heteroatoms. The Morgan fingerprint density at radius 2 is 2.50 bits per heavy atom.